The van der Waals surface area contributed by atoms with Gasteiger partial charge in [-0.3, -0.25) is 4.79 Å². The summed E-state index contributed by atoms with van der Waals surface area (Å²) in [6.45, 7) is 2.52. The van der Waals surface area contributed by atoms with Gasteiger partial charge in [-0.1, -0.05) is 11.6 Å². The third-order valence-corrected chi connectivity index (χ3v) is 3.84. The van der Waals surface area contributed by atoms with Crippen molar-refractivity contribution in [1.82, 2.24) is 0 Å². The predicted octanol–water partition coefficient (Wildman–Crippen LogP) is 5.15. The molecule has 0 fully saturated rings. The van der Waals surface area contributed by atoms with E-state index in [9.17, 15) is 4.79 Å². The number of benzene rings is 2. The van der Waals surface area contributed by atoms with Crippen LogP contribution in [0.2, 0.25) is 5.02 Å². The van der Waals surface area contributed by atoms with E-state index >= 15 is 0 Å². The largest absolute Gasteiger partial charge is 0.494 e. The van der Waals surface area contributed by atoms with E-state index in [1.54, 1.807) is 55.7 Å². The number of anilines is 1. The average Bonchev–Trinajstić information content (AvgIpc) is 3.04. The van der Waals surface area contributed by atoms with Gasteiger partial charge < -0.3 is 19.2 Å². The number of furan rings is 1. The zero-order valence-electron chi connectivity index (χ0n) is 14.4. The minimum Gasteiger partial charge on any atom is -0.494 e. The summed E-state index contributed by atoms with van der Waals surface area (Å²) in [6, 6.07) is 12.4. The maximum atomic E-state index is 12.1. The van der Waals surface area contributed by atoms with Crippen molar-refractivity contribution in [3.8, 4) is 11.5 Å². The Kier molecular flexibility index (Phi) is 5.49. The molecule has 134 valence electrons. The molecule has 0 aliphatic rings. The van der Waals surface area contributed by atoms with Gasteiger partial charge in [0, 0.05) is 28.2 Å². The lowest BCUT2D eigenvalue weighted by Crippen LogP contribution is -2.07. The number of carbonyl (C=O) groups excluding carboxylic acids is 1. The molecule has 1 amide bonds. The van der Waals surface area contributed by atoms with Crippen molar-refractivity contribution < 1.29 is 18.7 Å². The Labute approximate surface area is 156 Å². The molecule has 0 aliphatic heterocycles. The maximum Gasteiger partial charge on any atom is 0.248 e. The number of rotatable bonds is 6. The first-order valence-electron chi connectivity index (χ1n) is 8.08. The number of ether oxygens (including phenoxy) is 2. The van der Waals surface area contributed by atoms with Crippen molar-refractivity contribution in [3.63, 3.8) is 0 Å². The molecule has 5 nitrogen and oxygen atoms in total. The molecule has 1 aromatic heterocycles. The van der Waals surface area contributed by atoms with Crippen LogP contribution in [-0.4, -0.2) is 19.6 Å². The Morgan fingerprint density at radius 3 is 2.69 bits per heavy atom. The first-order chi connectivity index (χ1) is 12.6. The van der Waals surface area contributed by atoms with Crippen molar-refractivity contribution in [2.75, 3.05) is 19.0 Å². The normalized spacial score (nSPS) is 11.0. The molecule has 3 rings (SSSR count). The summed E-state index contributed by atoms with van der Waals surface area (Å²) in [5.41, 5.74) is 1.27. The fraction of sp³-hybridized carbons (Fsp3) is 0.150. The number of halogens is 1. The molecule has 0 atom stereocenters. The monoisotopic (exact) mass is 371 g/mol. The molecule has 0 aliphatic carbocycles. The topological polar surface area (TPSA) is 60.7 Å². The van der Waals surface area contributed by atoms with Crippen LogP contribution in [0.15, 0.2) is 53.0 Å². The van der Waals surface area contributed by atoms with Crippen molar-refractivity contribution in [2.24, 2.45) is 0 Å². The summed E-state index contributed by atoms with van der Waals surface area (Å²) < 4.78 is 16.4. The Morgan fingerprint density at radius 2 is 2.00 bits per heavy atom. The van der Waals surface area contributed by atoms with E-state index in [-0.39, 0.29) is 5.91 Å². The van der Waals surface area contributed by atoms with Crippen LogP contribution in [0, 0.1) is 0 Å². The van der Waals surface area contributed by atoms with Gasteiger partial charge in [0.1, 0.15) is 11.5 Å². The van der Waals surface area contributed by atoms with Gasteiger partial charge >= 0.3 is 0 Å². The van der Waals surface area contributed by atoms with Gasteiger partial charge in [-0.05, 0) is 49.4 Å². The highest BCUT2D eigenvalue weighted by Crippen LogP contribution is 2.32. The van der Waals surface area contributed by atoms with Crippen LogP contribution < -0.4 is 14.8 Å². The van der Waals surface area contributed by atoms with Crippen LogP contribution in [-0.2, 0) is 4.79 Å². The molecule has 1 N–H and O–H groups in total. The van der Waals surface area contributed by atoms with Gasteiger partial charge in [0.05, 0.1) is 13.7 Å². The number of hydrogen-bond acceptors (Lipinski definition) is 4. The summed E-state index contributed by atoms with van der Waals surface area (Å²) in [4.78, 5) is 12.1. The molecular weight excluding hydrogens is 354 g/mol. The zero-order chi connectivity index (χ0) is 18.5. The van der Waals surface area contributed by atoms with Crippen molar-refractivity contribution in [2.45, 2.75) is 6.92 Å². The SMILES string of the molecule is CCOc1ccc(NC(=O)/C=C/c2cc3cc(Cl)cc(OC)c3o2)cc1. The average molecular weight is 372 g/mol. The van der Waals surface area contributed by atoms with Crippen LogP contribution in [0.5, 0.6) is 11.5 Å². The Hall–Kier alpha value is -2.92. The fourth-order valence-corrected chi connectivity index (χ4v) is 2.70. The Morgan fingerprint density at radius 1 is 1.23 bits per heavy atom. The van der Waals surface area contributed by atoms with Gasteiger partial charge in [-0.25, -0.2) is 0 Å². The van der Waals surface area contributed by atoms with Crippen LogP contribution in [0.3, 0.4) is 0 Å². The molecule has 2 aromatic carbocycles. The number of fused-ring (bicyclic) bond motifs is 1. The second-order valence-electron chi connectivity index (χ2n) is 5.46. The van der Waals surface area contributed by atoms with Gasteiger partial charge in [0.25, 0.3) is 0 Å². The lowest BCUT2D eigenvalue weighted by Gasteiger charge is -2.05. The van der Waals surface area contributed by atoms with Crippen LogP contribution >= 0.6 is 11.6 Å². The van der Waals surface area contributed by atoms with E-state index in [4.69, 9.17) is 25.5 Å². The standard InChI is InChI=1S/C20H18ClNO4/c1-3-25-16-6-4-15(5-7-16)22-19(23)9-8-17-11-13-10-14(21)12-18(24-2)20(13)26-17/h4-12H,3H2,1-2H3,(H,22,23)/b9-8+. The van der Waals surface area contributed by atoms with Crippen molar-refractivity contribution in [1.29, 1.82) is 0 Å². The number of amides is 1. The number of nitrogens with one attached hydrogen (secondary N) is 1. The molecule has 1 heterocycles. The highest BCUT2D eigenvalue weighted by Gasteiger charge is 2.09. The number of carbonyl (C=O) groups is 1. The maximum absolute atomic E-state index is 12.1. The first-order valence-corrected chi connectivity index (χ1v) is 8.46. The fourth-order valence-electron chi connectivity index (χ4n) is 2.48. The summed E-state index contributed by atoms with van der Waals surface area (Å²) in [6.07, 6.45) is 3.00. The Balaban J connectivity index is 1.70. The highest BCUT2D eigenvalue weighted by molar-refractivity contribution is 6.31. The van der Waals surface area contributed by atoms with E-state index < -0.39 is 0 Å². The quantitative estimate of drug-likeness (QED) is 0.609. The van der Waals surface area contributed by atoms with Crippen molar-refractivity contribution >= 4 is 40.2 Å². The summed E-state index contributed by atoms with van der Waals surface area (Å²) in [5, 5.41) is 4.14. The molecule has 26 heavy (non-hydrogen) atoms. The van der Waals surface area contributed by atoms with E-state index in [0.29, 0.717) is 34.4 Å². The van der Waals surface area contributed by atoms with Crippen LogP contribution in [0.1, 0.15) is 12.7 Å². The minimum absolute atomic E-state index is 0.264. The molecule has 6 heteroatoms. The molecule has 0 saturated carbocycles. The predicted molar refractivity (Wildman–Crippen MR) is 103 cm³/mol. The molecule has 0 unspecified atom stereocenters. The summed E-state index contributed by atoms with van der Waals surface area (Å²) in [7, 11) is 1.55. The second kappa shape index (κ2) is 7.97. The van der Waals surface area contributed by atoms with E-state index in [1.165, 1.54) is 6.08 Å². The van der Waals surface area contributed by atoms with Gasteiger partial charge in [-0.15, -0.1) is 0 Å². The van der Waals surface area contributed by atoms with Crippen LogP contribution in [0.4, 0.5) is 5.69 Å². The second-order valence-corrected chi connectivity index (χ2v) is 5.89. The number of hydrogen-bond donors (Lipinski definition) is 1. The van der Waals surface area contributed by atoms with Crippen LogP contribution in [0.25, 0.3) is 17.0 Å². The lowest BCUT2D eigenvalue weighted by molar-refractivity contribution is -0.111. The smallest absolute Gasteiger partial charge is 0.248 e. The number of methoxy groups -OCH3 is 1. The lowest BCUT2D eigenvalue weighted by atomic mass is 10.2. The molecule has 0 bridgehead atoms. The Bertz CT molecular complexity index is 944. The van der Waals surface area contributed by atoms with Gasteiger partial charge in [0.2, 0.25) is 5.91 Å². The third kappa shape index (κ3) is 4.18. The third-order valence-electron chi connectivity index (χ3n) is 3.62. The highest BCUT2D eigenvalue weighted by atomic mass is 35.5. The van der Waals surface area contributed by atoms with E-state index in [1.807, 2.05) is 6.92 Å². The molecule has 3 aromatic rings. The summed E-state index contributed by atoms with van der Waals surface area (Å²) >= 11 is 6.05. The minimum atomic E-state index is -0.264. The zero-order valence-corrected chi connectivity index (χ0v) is 15.2. The van der Waals surface area contributed by atoms with Crippen molar-refractivity contribution in [3.05, 3.63) is 59.3 Å². The van der Waals surface area contributed by atoms with Gasteiger partial charge in [-0.2, -0.15) is 0 Å². The van der Waals surface area contributed by atoms with E-state index in [2.05, 4.69) is 5.32 Å². The van der Waals surface area contributed by atoms with E-state index in [0.717, 1.165) is 11.1 Å². The van der Waals surface area contributed by atoms with Gasteiger partial charge in [0.15, 0.2) is 11.3 Å². The molecular formula is C20H18ClNO4. The summed E-state index contributed by atoms with van der Waals surface area (Å²) in [5.74, 6) is 1.57. The molecule has 0 spiro atoms. The molecule has 0 saturated heterocycles. The first kappa shape index (κ1) is 17.9. The molecule has 0 radical (unpaired) electrons.